The maximum absolute atomic E-state index is 12.5. The van der Waals surface area contributed by atoms with Gasteiger partial charge in [0.15, 0.2) is 0 Å². The van der Waals surface area contributed by atoms with Gasteiger partial charge >= 0.3 is 5.97 Å². The van der Waals surface area contributed by atoms with Crippen LogP contribution in [0.25, 0.3) is 11.1 Å². The van der Waals surface area contributed by atoms with Gasteiger partial charge in [-0.1, -0.05) is 48.5 Å². The Kier molecular flexibility index (Phi) is 4.26. The summed E-state index contributed by atoms with van der Waals surface area (Å²) in [6.07, 6.45) is 1.74. The molecule has 0 saturated carbocycles. The van der Waals surface area contributed by atoms with Crippen molar-refractivity contribution in [3.63, 3.8) is 0 Å². The predicted molar refractivity (Wildman–Crippen MR) is 104 cm³/mol. The first-order valence-electron chi connectivity index (χ1n) is 8.49. The second-order valence-corrected chi connectivity index (χ2v) is 6.25. The summed E-state index contributed by atoms with van der Waals surface area (Å²) in [6.45, 7) is 0. The van der Waals surface area contributed by atoms with E-state index in [9.17, 15) is 14.7 Å². The van der Waals surface area contributed by atoms with E-state index in [1.807, 2.05) is 42.5 Å². The maximum Gasteiger partial charge on any atom is 0.337 e. The number of carbonyl (C=O) groups excluding carboxylic acids is 1. The smallest absolute Gasteiger partial charge is 0.337 e. The molecule has 1 aliphatic rings. The van der Waals surface area contributed by atoms with Gasteiger partial charge in [-0.3, -0.25) is 9.79 Å². The molecule has 1 atom stereocenters. The summed E-state index contributed by atoms with van der Waals surface area (Å²) in [5.74, 6) is -1.44. The Labute approximate surface area is 156 Å². The van der Waals surface area contributed by atoms with Crippen molar-refractivity contribution in [3.8, 4) is 11.1 Å². The quantitative estimate of drug-likeness (QED) is 0.710. The van der Waals surface area contributed by atoms with Gasteiger partial charge < -0.3 is 10.4 Å². The van der Waals surface area contributed by atoms with Crippen LogP contribution in [0.3, 0.4) is 0 Å². The molecule has 0 bridgehead atoms. The Balaban J connectivity index is 1.54. The zero-order valence-electron chi connectivity index (χ0n) is 14.3. The molecule has 5 heteroatoms. The number of aromatic carboxylic acids is 1. The third-order valence-electron chi connectivity index (χ3n) is 4.42. The molecule has 2 N–H and O–H groups in total. The van der Waals surface area contributed by atoms with E-state index in [4.69, 9.17) is 0 Å². The molecule has 0 saturated heterocycles. The molecule has 3 aromatic carbocycles. The lowest BCUT2D eigenvalue weighted by atomic mass is 10.0. The highest BCUT2D eigenvalue weighted by Gasteiger charge is 2.20. The minimum Gasteiger partial charge on any atom is -0.478 e. The second-order valence-electron chi connectivity index (χ2n) is 6.25. The van der Waals surface area contributed by atoms with E-state index in [1.165, 1.54) is 0 Å². The van der Waals surface area contributed by atoms with Gasteiger partial charge in [0.2, 0.25) is 0 Å². The normalized spacial score (nSPS) is 14.6. The number of anilines is 1. The SMILES string of the molecule is O=C(Nc1ccc(C2C=N2)cc1C(=O)O)c1ccc(-c2ccccc2)cc1. The number of rotatable bonds is 5. The van der Waals surface area contributed by atoms with Crippen LogP contribution in [-0.4, -0.2) is 23.2 Å². The Hall–Kier alpha value is -3.73. The zero-order valence-corrected chi connectivity index (χ0v) is 14.3. The largest absolute Gasteiger partial charge is 0.478 e. The third kappa shape index (κ3) is 3.62. The first kappa shape index (κ1) is 16.7. The van der Waals surface area contributed by atoms with Crippen LogP contribution in [-0.2, 0) is 0 Å². The molecule has 5 nitrogen and oxygen atoms in total. The van der Waals surface area contributed by atoms with Gasteiger partial charge in [0.05, 0.1) is 11.3 Å². The molecule has 0 aromatic heterocycles. The van der Waals surface area contributed by atoms with Gasteiger partial charge in [-0.25, -0.2) is 4.79 Å². The van der Waals surface area contributed by atoms with Crippen LogP contribution in [0.2, 0.25) is 0 Å². The van der Waals surface area contributed by atoms with Crippen LogP contribution in [0, 0.1) is 0 Å². The summed E-state index contributed by atoms with van der Waals surface area (Å²) < 4.78 is 0. The van der Waals surface area contributed by atoms with Crippen LogP contribution < -0.4 is 5.32 Å². The lowest BCUT2D eigenvalue weighted by Crippen LogP contribution is -2.15. The first-order chi connectivity index (χ1) is 13.1. The highest BCUT2D eigenvalue weighted by Crippen LogP contribution is 2.28. The summed E-state index contributed by atoms with van der Waals surface area (Å²) >= 11 is 0. The van der Waals surface area contributed by atoms with Gasteiger partial charge in [-0.15, -0.1) is 0 Å². The first-order valence-corrected chi connectivity index (χ1v) is 8.49. The van der Waals surface area contributed by atoms with Gasteiger partial charge in [0.1, 0.15) is 6.04 Å². The van der Waals surface area contributed by atoms with Crippen molar-refractivity contribution in [1.29, 1.82) is 0 Å². The number of carboxylic acid groups (broad SMARTS) is 1. The molecular weight excluding hydrogens is 340 g/mol. The van der Waals surface area contributed by atoms with Gasteiger partial charge in [0, 0.05) is 11.8 Å². The summed E-state index contributed by atoms with van der Waals surface area (Å²) in [6, 6.07) is 22.0. The summed E-state index contributed by atoms with van der Waals surface area (Å²) in [4.78, 5) is 28.1. The number of amides is 1. The number of benzene rings is 3. The molecular formula is C22H16N2O3. The molecule has 132 valence electrons. The van der Waals surface area contributed by atoms with Crippen LogP contribution in [0.4, 0.5) is 5.69 Å². The van der Waals surface area contributed by atoms with E-state index in [0.29, 0.717) is 5.56 Å². The molecule has 4 rings (SSSR count). The van der Waals surface area contributed by atoms with Gasteiger partial charge in [-0.05, 0) is 41.0 Å². The Morgan fingerprint density at radius 1 is 0.889 bits per heavy atom. The molecule has 3 aromatic rings. The Morgan fingerprint density at radius 3 is 2.19 bits per heavy atom. The Morgan fingerprint density at radius 2 is 1.56 bits per heavy atom. The number of nitrogens with one attached hydrogen (secondary N) is 1. The van der Waals surface area contributed by atoms with Crippen LogP contribution in [0.1, 0.15) is 32.3 Å². The van der Waals surface area contributed by atoms with Crippen molar-refractivity contribution in [3.05, 3.63) is 89.5 Å². The van der Waals surface area contributed by atoms with Crippen molar-refractivity contribution in [1.82, 2.24) is 0 Å². The minimum absolute atomic E-state index is 0.0432. The third-order valence-corrected chi connectivity index (χ3v) is 4.42. The van der Waals surface area contributed by atoms with E-state index in [2.05, 4.69) is 10.3 Å². The molecule has 1 amide bonds. The van der Waals surface area contributed by atoms with E-state index < -0.39 is 5.97 Å². The molecule has 0 fully saturated rings. The van der Waals surface area contributed by atoms with E-state index in [1.54, 1.807) is 36.5 Å². The standard InChI is InChI=1S/C22H16N2O3/c25-21(16-8-6-15(7-9-16)14-4-2-1-3-5-14)24-19-11-10-17(20-13-23-20)12-18(19)22(26)27/h1-13,20H,(H,24,25)(H,26,27). The van der Waals surface area contributed by atoms with E-state index in [0.717, 1.165) is 16.7 Å². The summed E-state index contributed by atoms with van der Waals surface area (Å²) in [7, 11) is 0. The minimum atomic E-state index is -1.09. The number of carboxylic acids is 1. The number of hydrogen-bond donors (Lipinski definition) is 2. The van der Waals surface area contributed by atoms with Crippen LogP contribution >= 0.6 is 0 Å². The fourth-order valence-electron chi connectivity index (χ4n) is 2.89. The number of hydrogen-bond acceptors (Lipinski definition) is 3. The average molecular weight is 356 g/mol. The summed E-state index contributed by atoms with van der Waals surface area (Å²) in [5.41, 5.74) is 3.65. The van der Waals surface area contributed by atoms with Crippen LogP contribution in [0.15, 0.2) is 77.8 Å². The molecule has 1 heterocycles. The van der Waals surface area contributed by atoms with E-state index >= 15 is 0 Å². The molecule has 1 aliphatic heterocycles. The van der Waals surface area contributed by atoms with Crippen molar-refractivity contribution in [2.24, 2.45) is 4.99 Å². The second kappa shape index (κ2) is 6.88. The highest BCUT2D eigenvalue weighted by molar-refractivity contribution is 6.08. The highest BCUT2D eigenvalue weighted by atomic mass is 16.4. The summed E-state index contributed by atoms with van der Waals surface area (Å²) in [5, 5.41) is 12.1. The molecule has 1 unspecified atom stereocenters. The van der Waals surface area contributed by atoms with Crippen LogP contribution in [0.5, 0.6) is 0 Å². The lowest BCUT2D eigenvalue weighted by Gasteiger charge is -2.10. The topological polar surface area (TPSA) is 78.8 Å². The van der Waals surface area contributed by atoms with Gasteiger partial charge in [0.25, 0.3) is 5.91 Å². The monoisotopic (exact) mass is 356 g/mol. The van der Waals surface area contributed by atoms with Gasteiger partial charge in [-0.2, -0.15) is 0 Å². The van der Waals surface area contributed by atoms with Crippen molar-refractivity contribution >= 4 is 23.8 Å². The number of carbonyl (C=O) groups is 2. The number of aliphatic imine (C=N–C) groups is 1. The predicted octanol–water partition coefficient (Wildman–Crippen LogP) is 4.43. The average Bonchev–Trinajstić information content (AvgIpc) is 3.54. The molecule has 0 spiro atoms. The van der Waals surface area contributed by atoms with Crippen molar-refractivity contribution in [2.45, 2.75) is 6.04 Å². The molecule has 0 aliphatic carbocycles. The number of nitrogens with zero attached hydrogens (tertiary/aromatic N) is 1. The maximum atomic E-state index is 12.5. The lowest BCUT2D eigenvalue weighted by molar-refractivity contribution is 0.0698. The Bertz CT molecular complexity index is 1030. The van der Waals surface area contributed by atoms with Crippen molar-refractivity contribution < 1.29 is 14.7 Å². The fraction of sp³-hybridized carbons (Fsp3) is 0.0455. The van der Waals surface area contributed by atoms with Crippen molar-refractivity contribution in [2.75, 3.05) is 5.32 Å². The molecule has 27 heavy (non-hydrogen) atoms. The zero-order chi connectivity index (χ0) is 18.8. The van der Waals surface area contributed by atoms with E-state index in [-0.39, 0.29) is 23.2 Å². The fourth-order valence-corrected chi connectivity index (χ4v) is 2.89. The molecule has 0 radical (unpaired) electrons.